The van der Waals surface area contributed by atoms with Crippen LogP contribution in [-0.2, 0) is 11.3 Å². The number of pyridine rings is 1. The maximum atomic E-state index is 5.91. The summed E-state index contributed by atoms with van der Waals surface area (Å²) in [5.74, 6) is 0. The fraction of sp³-hybridized carbons (Fsp3) is 0.615. The molecule has 0 bridgehead atoms. The van der Waals surface area contributed by atoms with Gasteiger partial charge < -0.3 is 10.1 Å². The van der Waals surface area contributed by atoms with Crippen LogP contribution in [0.3, 0.4) is 0 Å². The second-order valence-corrected chi connectivity index (χ2v) is 5.02. The Morgan fingerprint density at radius 2 is 2.19 bits per heavy atom. The van der Waals surface area contributed by atoms with Gasteiger partial charge in [0.05, 0.1) is 11.7 Å². The Morgan fingerprint density at radius 3 is 2.81 bits per heavy atom. The summed E-state index contributed by atoms with van der Waals surface area (Å²) in [7, 11) is 0. The highest BCUT2D eigenvalue weighted by Gasteiger charge is 2.30. The van der Waals surface area contributed by atoms with E-state index in [1.54, 1.807) is 0 Å². The van der Waals surface area contributed by atoms with Gasteiger partial charge in [-0.05, 0) is 44.4 Å². The third-order valence-corrected chi connectivity index (χ3v) is 3.00. The molecule has 1 unspecified atom stereocenters. The highest BCUT2D eigenvalue weighted by atomic mass is 16.5. The van der Waals surface area contributed by atoms with Crippen molar-refractivity contribution in [2.75, 3.05) is 6.54 Å². The zero-order valence-corrected chi connectivity index (χ0v) is 10.1. The lowest BCUT2D eigenvalue weighted by Crippen LogP contribution is -2.29. The molecule has 1 N–H and O–H groups in total. The first-order valence-electron chi connectivity index (χ1n) is 5.93. The second-order valence-electron chi connectivity index (χ2n) is 5.02. The predicted octanol–water partition coefficient (Wildman–Crippen LogP) is 2.13. The number of rotatable bonds is 4. The van der Waals surface area contributed by atoms with Crippen LogP contribution in [0.4, 0.5) is 0 Å². The molecule has 0 spiro atoms. The predicted molar refractivity (Wildman–Crippen MR) is 64.1 cm³/mol. The van der Waals surface area contributed by atoms with E-state index in [0.29, 0.717) is 6.10 Å². The SMILES string of the molecule is CC1(C)CCC(CNCc2ccncc2)O1. The smallest absolute Gasteiger partial charge is 0.0707 e. The summed E-state index contributed by atoms with van der Waals surface area (Å²) < 4.78 is 5.91. The summed E-state index contributed by atoms with van der Waals surface area (Å²) in [5.41, 5.74) is 1.34. The van der Waals surface area contributed by atoms with E-state index in [1.807, 2.05) is 24.5 Å². The molecule has 88 valence electrons. The molecule has 1 aliphatic heterocycles. The van der Waals surface area contributed by atoms with Crippen LogP contribution >= 0.6 is 0 Å². The highest BCUT2D eigenvalue weighted by Crippen LogP contribution is 2.28. The van der Waals surface area contributed by atoms with E-state index < -0.39 is 0 Å². The van der Waals surface area contributed by atoms with Crippen molar-refractivity contribution in [3.63, 3.8) is 0 Å². The van der Waals surface area contributed by atoms with E-state index in [2.05, 4.69) is 24.1 Å². The van der Waals surface area contributed by atoms with Crippen LogP contribution in [0.25, 0.3) is 0 Å². The molecular formula is C13H20N2O. The minimum absolute atomic E-state index is 0.0724. The summed E-state index contributed by atoms with van der Waals surface area (Å²) in [4.78, 5) is 4.00. The van der Waals surface area contributed by atoms with Gasteiger partial charge in [0.2, 0.25) is 0 Å². The van der Waals surface area contributed by atoms with Gasteiger partial charge in [-0.3, -0.25) is 4.98 Å². The largest absolute Gasteiger partial charge is 0.371 e. The third-order valence-electron chi connectivity index (χ3n) is 3.00. The number of hydrogen-bond acceptors (Lipinski definition) is 3. The normalized spacial score (nSPS) is 23.5. The fourth-order valence-electron chi connectivity index (χ4n) is 2.10. The molecule has 1 atom stereocenters. The summed E-state index contributed by atoms with van der Waals surface area (Å²) in [6, 6.07) is 4.07. The van der Waals surface area contributed by atoms with Gasteiger partial charge >= 0.3 is 0 Å². The van der Waals surface area contributed by atoms with Crippen molar-refractivity contribution in [1.82, 2.24) is 10.3 Å². The lowest BCUT2D eigenvalue weighted by molar-refractivity contribution is -0.0142. The molecule has 0 amide bonds. The van der Waals surface area contributed by atoms with Crippen molar-refractivity contribution in [3.8, 4) is 0 Å². The van der Waals surface area contributed by atoms with E-state index in [9.17, 15) is 0 Å². The minimum atomic E-state index is 0.0724. The minimum Gasteiger partial charge on any atom is -0.371 e. The first-order valence-corrected chi connectivity index (χ1v) is 5.93. The monoisotopic (exact) mass is 220 g/mol. The van der Waals surface area contributed by atoms with Gasteiger partial charge in [-0.25, -0.2) is 0 Å². The maximum absolute atomic E-state index is 5.91. The van der Waals surface area contributed by atoms with Crippen LogP contribution in [0, 0.1) is 0 Å². The van der Waals surface area contributed by atoms with Gasteiger partial charge in [0.15, 0.2) is 0 Å². The molecule has 0 radical (unpaired) electrons. The lowest BCUT2D eigenvalue weighted by atomic mass is 10.1. The van der Waals surface area contributed by atoms with Gasteiger partial charge in [-0.1, -0.05) is 0 Å². The van der Waals surface area contributed by atoms with Crippen molar-refractivity contribution in [1.29, 1.82) is 0 Å². The Labute approximate surface area is 97.2 Å². The zero-order chi connectivity index (χ0) is 11.4. The molecule has 1 aliphatic rings. The first-order chi connectivity index (χ1) is 7.66. The number of nitrogens with zero attached hydrogens (tertiary/aromatic N) is 1. The highest BCUT2D eigenvalue weighted by molar-refractivity contribution is 5.09. The van der Waals surface area contributed by atoms with Crippen molar-refractivity contribution in [2.24, 2.45) is 0 Å². The summed E-state index contributed by atoms with van der Waals surface area (Å²) >= 11 is 0. The van der Waals surface area contributed by atoms with Crippen molar-refractivity contribution in [2.45, 2.75) is 44.9 Å². The molecule has 3 nitrogen and oxygen atoms in total. The average molecular weight is 220 g/mol. The lowest BCUT2D eigenvalue weighted by Gasteiger charge is -2.19. The number of ether oxygens (including phenoxy) is 1. The Balaban J connectivity index is 1.70. The van der Waals surface area contributed by atoms with E-state index in [1.165, 1.54) is 5.56 Å². The molecule has 1 fully saturated rings. The topological polar surface area (TPSA) is 34.2 Å². The first kappa shape index (κ1) is 11.6. The van der Waals surface area contributed by atoms with Crippen LogP contribution in [0.15, 0.2) is 24.5 Å². The Bertz CT molecular complexity index is 324. The Hall–Kier alpha value is -0.930. The van der Waals surface area contributed by atoms with Gasteiger partial charge in [0.25, 0.3) is 0 Å². The van der Waals surface area contributed by atoms with Crippen molar-refractivity contribution in [3.05, 3.63) is 30.1 Å². The Morgan fingerprint density at radius 1 is 1.44 bits per heavy atom. The summed E-state index contributed by atoms with van der Waals surface area (Å²) in [6.07, 6.45) is 6.35. The summed E-state index contributed by atoms with van der Waals surface area (Å²) in [6.45, 7) is 6.15. The van der Waals surface area contributed by atoms with Gasteiger partial charge in [-0.15, -0.1) is 0 Å². The van der Waals surface area contributed by atoms with Crippen LogP contribution in [0.5, 0.6) is 0 Å². The van der Waals surface area contributed by atoms with Crippen LogP contribution in [0.1, 0.15) is 32.3 Å². The van der Waals surface area contributed by atoms with E-state index in [4.69, 9.17) is 4.74 Å². The molecule has 3 heteroatoms. The molecule has 2 rings (SSSR count). The molecular weight excluding hydrogens is 200 g/mol. The molecule has 1 aromatic heterocycles. The van der Waals surface area contributed by atoms with Crippen molar-refractivity contribution < 1.29 is 4.74 Å². The van der Waals surface area contributed by atoms with Gasteiger partial charge in [-0.2, -0.15) is 0 Å². The molecule has 0 aliphatic carbocycles. The van der Waals surface area contributed by atoms with E-state index in [0.717, 1.165) is 25.9 Å². The zero-order valence-electron chi connectivity index (χ0n) is 10.1. The van der Waals surface area contributed by atoms with E-state index >= 15 is 0 Å². The fourth-order valence-corrected chi connectivity index (χ4v) is 2.10. The van der Waals surface area contributed by atoms with Crippen LogP contribution in [0.2, 0.25) is 0 Å². The quantitative estimate of drug-likeness (QED) is 0.844. The van der Waals surface area contributed by atoms with E-state index in [-0.39, 0.29) is 5.60 Å². The van der Waals surface area contributed by atoms with Gasteiger partial charge in [0, 0.05) is 25.5 Å². The number of aromatic nitrogens is 1. The molecule has 1 aromatic rings. The van der Waals surface area contributed by atoms with Crippen molar-refractivity contribution >= 4 is 0 Å². The average Bonchev–Trinajstić information content (AvgIpc) is 2.60. The summed E-state index contributed by atoms with van der Waals surface area (Å²) in [5, 5.41) is 3.43. The van der Waals surface area contributed by atoms with Crippen LogP contribution < -0.4 is 5.32 Å². The standard InChI is InChI=1S/C13H20N2O/c1-13(2)6-3-12(16-13)10-15-9-11-4-7-14-8-5-11/h4-5,7-8,12,15H,3,6,9-10H2,1-2H3. The third kappa shape index (κ3) is 3.29. The number of nitrogens with one attached hydrogen (secondary N) is 1. The molecule has 0 aromatic carbocycles. The molecule has 2 heterocycles. The molecule has 16 heavy (non-hydrogen) atoms. The number of hydrogen-bond donors (Lipinski definition) is 1. The second kappa shape index (κ2) is 4.93. The van der Waals surface area contributed by atoms with Gasteiger partial charge in [0.1, 0.15) is 0 Å². The molecule has 1 saturated heterocycles. The Kier molecular flexibility index (Phi) is 3.56. The molecule has 0 saturated carbocycles. The maximum Gasteiger partial charge on any atom is 0.0707 e. The van der Waals surface area contributed by atoms with Crippen LogP contribution in [-0.4, -0.2) is 23.2 Å².